The Morgan fingerprint density at radius 3 is 2.33 bits per heavy atom. The average molecular weight is 244 g/mol. The van der Waals surface area contributed by atoms with Gasteiger partial charge in [-0.15, -0.1) is 0 Å². The lowest BCUT2D eigenvalue weighted by Gasteiger charge is -2.21. The number of aryl methyl sites for hydroxylation is 3. The Labute approximate surface area is 111 Å². The van der Waals surface area contributed by atoms with Gasteiger partial charge in [-0.25, -0.2) is 0 Å². The standard InChI is InChI=1S/C16H24N2/c1-6-15(9-17)10-18(5)11-16-8-13(3)12(2)7-14(16)4/h7-8,15H,6,10-11H2,1-5H3. The first-order valence-corrected chi connectivity index (χ1v) is 6.62. The van der Waals surface area contributed by atoms with Crippen LogP contribution in [0.3, 0.4) is 0 Å². The molecule has 0 heterocycles. The summed E-state index contributed by atoms with van der Waals surface area (Å²) in [6.45, 7) is 10.3. The fraction of sp³-hybridized carbons (Fsp3) is 0.562. The summed E-state index contributed by atoms with van der Waals surface area (Å²) in [5, 5.41) is 9.00. The summed E-state index contributed by atoms with van der Waals surface area (Å²) in [5.74, 6) is 0.141. The van der Waals surface area contributed by atoms with Gasteiger partial charge in [0.25, 0.3) is 0 Å². The van der Waals surface area contributed by atoms with E-state index in [-0.39, 0.29) is 5.92 Å². The molecule has 1 aromatic rings. The second-order valence-electron chi connectivity index (χ2n) is 5.29. The van der Waals surface area contributed by atoms with E-state index in [1.54, 1.807) is 0 Å². The monoisotopic (exact) mass is 244 g/mol. The topological polar surface area (TPSA) is 27.0 Å². The molecule has 1 unspecified atom stereocenters. The third kappa shape index (κ3) is 3.85. The van der Waals surface area contributed by atoms with Crippen LogP contribution in [-0.4, -0.2) is 18.5 Å². The van der Waals surface area contributed by atoms with Crippen LogP contribution in [0.15, 0.2) is 12.1 Å². The van der Waals surface area contributed by atoms with Crippen LogP contribution in [0.25, 0.3) is 0 Å². The Morgan fingerprint density at radius 2 is 1.78 bits per heavy atom. The minimum atomic E-state index is 0.141. The van der Waals surface area contributed by atoms with Crippen molar-refractivity contribution in [3.05, 3.63) is 34.4 Å². The van der Waals surface area contributed by atoms with Crippen molar-refractivity contribution in [1.82, 2.24) is 4.90 Å². The lowest BCUT2D eigenvalue weighted by Crippen LogP contribution is -2.24. The zero-order valence-corrected chi connectivity index (χ0v) is 12.2. The third-order valence-electron chi connectivity index (χ3n) is 3.60. The second-order valence-corrected chi connectivity index (χ2v) is 5.29. The van der Waals surface area contributed by atoms with Gasteiger partial charge in [0.1, 0.15) is 0 Å². The molecule has 0 aromatic heterocycles. The Bertz CT molecular complexity index is 443. The number of benzene rings is 1. The molecule has 0 radical (unpaired) electrons. The summed E-state index contributed by atoms with van der Waals surface area (Å²) in [4.78, 5) is 2.24. The first kappa shape index (κ1) is 14.7. The van der Waals surface area contributed by atoms with Gasteiger partial charge in [0, 0.05) is 13.1 Å². The lowest BCUT2D eigenvalue weighted by molar-refractivity contribution is 0.292. The number of hydrogen-bond acceptors (Lipinski definition) is 2. The Kier molecular flexibility index (Phi) is 5.37. The molecule has 0 N–H and O–H groups in total. The molecular formula is C16H24N2. The van der Waals surface area contributed by atoms with E-state index >= 15 is 0 Å². The molecule has 1 atom stereocenters. The van der Waals surface area contributed by atoms with Crippen LogP contribution in [0.4, 0.5) is 0 Å². The van der Waals surface area contributed by atoms with Gasteiger partial charge < -0.3 is 4.90 Å². The van der Waals surface area contributed by atoms with Crippen molar-refractivity contribution in [3.63, 3.8) is 0 Å². The molecule has 0 fully saturated rings. The van der Waals surface area contributed by atoms with Gasteiger partial charge in [-0.05, 0) is 56.5 Å². The van der Waals surface area contributed by atoms with Crippen molar-refractivity contribution in [3.8, 4) is 6.07 Å². The summed E-state index contributed by atoms with van der Waals surface area (Å²) in [7, 11) is 2.09. The van der Waals surface area contributed by atoms with E-state index < -0.39 is 0 Å². The van der Waals surface area contributed by atoms with Gasteiger partial charge >= 0.3 is 0 Å². The smallest absolute Gasteiger partial charge is 0.0669 e. The van der Waals surface area contributed by atoms with E-state index in [4.69, 9.17) is 5.26 Å². The summed E-state index contributed by atoms with van der Waals surface area (Å²) in [5.41, 5.74) is 5.40. The van der Waals surface area contributed by atoms with Crippen molar-refractivity contribution in [1.29, 1.82) is 5.26 Å². The molecule has 0 bridgehead atoms. The predicted octanol–water partition coefficient (Wildman–Crippen LogP) is 3.59. The Balaban J connectivity index is 2.73. The lowest BCUT2D eigenvalue weighted by atomic mass is 10.00. The quantitative estimate of drug-likeness (QED) is 0.791. The number of nitrogens with zero attached hydrogens (tertiary/aromatic N) is 2. The Morgan fingerprint density at radius 1 is 1.17 bits per heavy atom. The highest BCUT2D eigenvalue weighted by Gasteiger charge is 2.10. The molecule has 0 aliphatic heterocycles. The van der Waals surface area contributed by atoms with E-state index in [2.05, 4.69) is 57.8 Å². The van der Waals surface area contributed by atoms with E-state index in [1.165, 1.54) is 22.3 Å². The maximum Gasteiger partial charge on any atom is 0.0669 e. The maximum atomic E-state index is 9.00. The van der Waals surface area contributed by atoms with Gasteiger partial charge in [0.15, 0.2) is 0 Å². The molecule has 0 spiro atoms. The van der Waals surface area contributed by atoms with Crippen molar-refractivity contribution >= 4 is 0 Å². The normalized spacial score (nSPS) is 12.5. The zero-order valence-electron chi connectivity index (χ0n) is 12.2. The predicted molar refractivity (Wildman–Crippen MR) is 76.4 cm³/mol. The first-order valence-electron chi connectivity index (χ1n) is 6.62. The minimum Gasteiger partial charge on any atom is -0.301 e. The molecule has 0 saturated carbocycles. The largest absolute Gasteiger partial charge is 0.301 e. The molecule has 18 heavy (non-hydrogen) atoms. The third-order valence-corrected chi connectivity index (χ3v) is 3.60. The number of rotatable bonds is 5. The van der Waals surface area contributed by atoms with E-state index in [0.29, 0.717) is 0 Å². The van der Waals surface area contributed by atoms with Gasteiger partial charge in [0.2, 0.25) is 0 Å². The fourth-order valence-electron chi connectivity index (χ4n) is 2.18. The SMILES string of the molecule is CCC(C#N)CN(C)Cc1cc(C)c(C)cc1C. The van der Waals surface area contributed by atoms with E-state index in [1.807, 2.05) is 0 Å². The van der Waals surface area contributed by atoms with Crippen LogP contribution in [0.1, 0.15) is 35.6 Å². The van der Waals surface area contributed by atoms with Gasteiger partial charge in [-0.2, -0.15) is 5.26 Å². The summed E-state index contributed by atoms with van der Waals surface area (Å²) in [6.07, 6.45) is 0.923. The minimum absolute atomic E-state index is 0.141. The number of hydrogen-bond donors (Lipinski definition) is 0. The van der Waals surface area contributed by atoms with Crippen molar-refractivity contribution < 1.29 is 0 Å². The zero-order chi connectivity index (χ0) is 13.7. The van der Waals surface area contributed by atoms with Crippen LogP contribution >= 0.6 is 0 Å². The Hall–Kier alpha value is -1.33. The first-order chi connectivity index (χ1) is 8.47. The van der Waals surface area contributed by atoms with Crippen LogP contribution in [-0.2, 0) is 6.54 Å². The number of nitriles is 1. The molecule has 2 heteroatoms. The molecule has 0 aliphatic rings. The highest BCUT2D eigenvalue weighted by Crippen LogP contribution is 2.17. The van der Waals surface area contributed by atoms with Crippen molar-refractivity contribution in [2.75, 3.05) is 13.6 Å². The van der Waals surface area contributed by atoms with Gasteiger partial charge in [-0.1, -0.05) is 19.1 Å². The maximum absolute atomic E-state index is 9.00. The molecule has 0 aliphatic carbocycles. The highest BCUT2D eigenvalue weighted by molar-refractivity contribution is 5.36. The van der Waals surface area contributed by atoms with Crippen LogP contribution in [0.5, 0.6) is 0 Å². The van der Waals surface area contributed by atoms with Gasteiger partial charge in [-0.3, -0.25) is 0 Å². The molecule has 2 nitrogen and oxygen atoms in total. The second kappa shape index (κ2) is 6.56. The van der Waals surface area contributed by atoms with E-state index in [0.717, 1.165) is 19.5 Å². The van der Waals surface area contributed by atoms with Crippen LogP contribution in [0.2, 0.25) is 0 Å². The molecule has 98 valence electrons. The highest BCUT2D eigenvalue weighted by atomic mass is 15.1. The van der Waals surface area contributed by atoms with Crippen LogP contribution < -0.4 is 0 Å². The van der Waals surface area contributed by atoms with Crippen LogP contribution in [0, 0.1) is 38.0 Å². The molecule has 1 rings (SSSR count). The van der Waals surface area contributed by atoms with Crippen molar-refractivity contribution in [2.24, 2.45) is 5.92 Å². The molecule has 1 aromatic carbocycles. The molecule has 0 saturated heterocycles. The van der Waals surface area contributed by atoms with Gasteiger partial charge in [0.05, 0.1) is 12.0 Å². The molecule has 0 amide bonds. The van der Waals surface area contributed by atoms with Crippen molar-refractivity contribution in [2.45, 2.75) is 40.7 Å². The summed E-state index contributed by atoms with van der Waals surface area (Å²) >= 11 is 0. The van der Waals surface area contributed by atoms with E-state index in [9.17, 15) is 0 Å². The summed E-state index contributed by atoms with van der Waals surface area (Å²) in [6, 6.07) is 6.88. The fourth-order valence-corrected chi connectivity index (χ4v) is 2.18. The molecular weight excluding hydrogens is 220 g/mol. The average Bonchev–Trinajstić information content (AvgIpc) is 2.33. The summed E-state index contributed by atoms with van der Waals surface area (Å²) < 4.78 is 0.